The van der Waals surface area contributed by atoms with E-state index in [1.165, 1.54) is 35.9 Å². The highest BCUT2D eigenvalue weighted by Gasteiger charge is 2.44. The molecule has 0 spiro atoms. The first-order valence-electron chi connectivity index (χ1n) is 8.18. The number of ketones is 1. The predicted molar refractivity (Wildman–Crippen MR) is 96.3 cm³/mol. The Morgan fingerprint density at radius 3 is 2.88 bits per heavy atom. The first kappa shape index (κ1) is 19.0. The highest BCUT2D eigenvalue weighted by molar-refractivity contribution is 7.99. The van der Waals surface area contributed by atoms with E-state index < -0.39 is 30.6 Å². The Labute approximate surface area is 154 Å². The summed E-state index contributed by atoms with van der Waals surface area (Å²) in [4.78, 5) is 23.3. The number of aliphatic hydroxyl groups excluding tert-OH is 2. The number of Topliss-reactive ketones (excluding diaryl/α,β-unsaturated/α-hetero) is 1. The summed E-state index contributed by atoms with van der Waals surface area (Å²) in [5, 5.41) is 20.7. The van der Waals surface area contributed by atoms with Crippen molar-refractivity contribution in [1.29, 1.82) is 0 Å². The molecule has 1 aliphatic heterocycles. The van der Waals surface area contributed by atoms with Gasteiger partial charge in [0.25, 0.3) is 0 Å². The summed E-state index contributed by atoms with van der Waals surface area (Å²) in [7, 11) is 0. The number of aromatic nitrogens is 4. The molecule has 11 heteroatoms. The maximum absolute atomic E-state index is 11.1. The molecule has 3 heterocycles. The zero-order valence-electron chi connectivity index (χ0n) is 14.2. The molecule has 0 radical (unpaired) electrons. The monoisotopic (exact) mass is 382 g/mol. The second-order valence-corrected chi connectivity index (χ2v) is 7.36. The summed E-state index contributed by atoms with van der Waals surface area (Å²) >= 11 is 1.51. The Hall–Kier alpha value is -1.79. The number of anilines is 1. The van der Waals surface area contributed by atoms with Crippen LogP contribution in [0.2, 0.25) is 0 Å². The second kappa shape index (κ2) is 7.84. The molecule has 26 heavy (non-hydrogen) atoms. The SMILES string of the molecule is CC(=O)[C@@H](N)CCSC[C@H]1O[C@@H](n2cnc3c(N)ncnc32)[C@H](O)[C@@H]1O. The van der Waals surface area contributed by atoms with Crippen molar-refractivity contribution in [3.05, 3.63) is 12.7 Å². The zero-order chi connectivity index (χ0) is 18.8. The smallest absolute Gasteiger partial charge is 0.167 e. The van der Waals surface area contributed by atoms with Gasteiger partial charge in [-0.15, -0.1) is 0 Å². The number of carbonyl (C=O) groups is 1. The first-order chi connectivity index (χ1) is 12.4. The van der Waals surface area contributed by atoms with Crippen LogP contribution >= 0.6 is 11.8 Å². The number of aliphatic hydroxyl groups is 2. The van der Waals surface area contributed by atoms with Crippen molar-refractivity contribution >= 4 is 34.5 Å². The third kappa shape index (κ3) is 3.67. The number of hydrogen-bond donors (Lipinski definition) is 4. The van der Waals surface area contributed by atoms with E-state index in [1.807, 2.05) is 0 Å². The Bertz CT molecular complexity index is 787. The van der Waals surface area contributed by atoms with Crippen molar-refractivity contribution < 1.29 is 19.7 Å². The minimum Gasteiger partial charge on any atom is -0.387 e. The van der Waals surface area contributed by atoms with Gasteiger partial charge in [-0.2, -0.15) is 11.8 Å². The van der Waals surface area contributed by atoms with Gasteiger partial charge in [0.05, 0.1) is 18.5 Å². The van der Waals surface area contributed by atoms with Crippen LogP contribution in [0.3, 0.4) is 0 Å². The number of thioether (sulfide) groups is 1. The number of imidazole rings is 1. The number of ether oxygens (including phenoxy) is 1. The van der Waals surface area contributed by atoms with Gasteiger partial charge in [-0.1, -0.05) is 0 Å². The normalized spacial score (nSPS) is 27.1. The van der Waals surface area contributed by atoms with E-state index in [1.54, 1.807) is 0 Å². The van der Waals surface area contributed by atoms with Crippen molar-refractivity contribution in [1.82, 2.24) is 19.5 Å². The quantitative estimate of drug-likeness (QED) is 0.440. The van der Waals surface area contributed by atoms with Crippen LogP contribution in [0.25, 0.3) is 11.2 Å². The molecular weight excluding hydrogens is 360 g/mol. The molecule has 5 atom stereocenters. The molecular formula is C15H22N6O4S. The van der Waals surface area contributed by atoms with Crippen LogP contribution < -0.4 is 11.5 Å². The number of nitrogens with two attached hydrogens (primary N) is 2. The Morgan fingerprint density at radius 1 is 1.38 bits per heavy atom. The van der Waals surface area contributed by atoms with E-state index in [-0.39, 0.29) is 11.6 Å². The summed E-state index contributed by atoms with van der Waals surface area (Å²) < 4.78 is 7.37. The van der Waals surface area contributed by atoms with Crippen LogP contribution in [-0.4, -0.2) is 71.4 Å². The van der Waals surface area contributed by atoms with Gasteiger partial charge in [0.1, 0.15) is 29.8 Å². The van der Waals surface area contributed by atoms with Crippen molar-refractivity contribution in [2.45, 2.75) is 43.9 Å². The van der Waals surface area contributed by atoms with E-state index in [2.05, 4.69) is 15.0 Å². The lowest BCUT2D eigenvalue weighted by Gasteiger charge is -2.16. The van der Waals surface area contributed by atoms with Crippen LogP contribution in [-0.2, 0) is 9.53 Å². The van der Waals surface area contributed by atoms with Crippen molar-refractivity contribution in [3.63, 3.8) is 0 Å². The molecule has 0 saturated carbocycles. The molecule has 0 bridgehead atoms. The molecule has 1 fully saturated rings. The average Bonchev–Trinajstić information content (AvgIpc) is 3.15. The predicted octanol–water partition coefficient (Wildman–Crippen LogP) is -0.933. The number of fused-ring (bicyclic) bond motifs is 1. The summed E-state index contributed by atoms with van der Waals surface area (Å²) in [5.74, 6) is 1.30. The van der Waals surface area contributed by atoms with Gasteiger partial charge in [-0.25, -0.2) is 15.0 Å². The van der Waals surface area contributed by atoms with Gasteiger partial charge in [-0.3, -0.25) is 9.36 Å². The third-order valence-electron chi connectivity index (χ3n) is 4.38. The molecule has 3 rings (SSSR count). The molecule has 0 amide bonds. The Kier molecular flexibility index (Phi) is 5.73. The highest BCUT2D eigenvalue weighted by atomic mass is 32.2. The lowest BCUT2D eigenvalue weighted by molar-refractivity contribution is -0.118. The molecule has 0 aromatic carbocycles. The molecule has 0 unspecified atom stereocenters. The number of nitrogen functional groups attached to an aromatic ring is 1. The summed E-state index contributed by atoms with van der Waals surface area (Å²) in [6, 6.07) is -0.474. The highest BCUT2D eigenvalue weighted by Crippen LogP contribution is 2.33. The van der Waals surface area contributed by atoms with E-state index >= 15 is 0 Å². The van der Waals surface area contributed by atoms with E-state index in [0.29, 0.717) is 29.1 Å². The molecule has 0 aliphatic carbocycles. The standard InChI is InChI=1S/C15H22N6O4S/c1-7(22)8(16)2-3-26-4-9-11(23)12(24)15(25-9)21-6-20-10-13(17)18-5-19-14(10)21/h5-6,8-9,11-12,15,23-24H,2-4,16H2,1H3,(H2,17,18,19)/t8-,9+,11+,12+,15+/m0/s1. The third-order valence-corrected chi connectivity index (χ3v) is 5.46. The summed E-state index contributed by atoms with van der Waals surface area (Å²) in [5.41, 5.74) is 12.3. The lowest BCUT2D eigenvalue weighted by Crippen LogP contribution is -2.33. The van der Waals surface area contributed by atoms with Crippen LogP contribution in [0.5, 0.6) is 0 Å². The van der Waals surface area contributed by atoms with Crippen molar-refractivity contribution in [2.24, 2.45) is 5.73 Å². The molecule has 10 nitrogen and oxygen atoms in total. The topological polar surface area (TPSA) is 162 Å². The van der Waals surface area contributed by atoms with Crippen LogP contribution in [0.15, 0.2) is 12.7 Å². The fourth-order valence-electron chi connectivity index (χ4n) is 2.77. The largest absolute Gasteiger partial charge is 0.387 e. The summed E-state index contributed by atoms with van der Waals surface area (Å²) in [6.45, 7) is 1.46. The summed E-state index contributed by atoms with van der Waals surface area (Å²) in [6.07, 6.45) is -0.257. The van der Waals surface area contributed by atoms with Crippen molar-refractivity contribution in [2.75, 3.05) is 17.2 Å². The average molecular weight is 382 g/mol. The fourth-order valence-corrected chi connectivity index (χ4v) is 3.86. The Balaban J connectivity index is 1.64. The minimum atomic E-state index is -1.13. The van der Waals surface area contributed by atoms with Gasteiger partial charge in [0, 0.05) is 5.75 Å². The van der Waals surface area contributed by atoms with E-state index in [0.717, 1.165) is 0 Å². The maximum Gasteiger partial charge on any atom is 0.167 e. The van der Waals surface area contributed by atoms with Gasteiger partial charge in [0.15, 0.2) is 17.7 Å². The van der Waals surface area contributed by atoms with Gasteiger partial charge in [-0.05, 0) is 19.1 Å². The van der Waals surface area contributed by atoms with E-state index in [9.17, 15) is 15.0 Å². The van der Waals surface area contributed by atoms with E-state index in [4.69, 9.17) is 16.2 Å². The number of hydrogen-bond acceptors (Lipinski definition) is 10. The molecule has 1 saturated heterocycles. The maximum atomic E-state index is 11.1. The number of rotatable bonds is 7. The molecule has 142 valence electrons. The number of nitrogens with zero attached hydrogens (tertiary/aromatic N) is 4. The van der Waals surface area contributed by atoms with Crippen LogP contribution in [0.4, 0.5) is 5.82 Å². The van der Waals surface area contributed by atoms with Gasteiger partial charge in [0.2, 0.25) is 0 Å². The van der Waals surface area contributed by atoms with Crippen LogP contribution in [0, 0.1) is 0 Å². The minimum absolute atomic E-state index is 0.0495. The Morgan fingerprint density at radius 2 is 2.15 bits per heavy atom. The molecule has 1 aliphatic rings. The number of carbonyl (C=O) groups excluding carboxylic acids is 1. The molecule has 6 N–H and O–H groups in total. The lowest BCUT2D eigenvalue weighted by atomic mass is 10.1. The first-order valence-corrected chi connectivity index (χ1v) is 9.34. The van der Waals surface area contributed by atoms with Crippen LogP contribution in [0.1, 0.15) is 19.6 Å². The second-order valence-electron chi connectivity index (χ2n) is 6.21. The zero-order valence-corrected chi connectivity index (χ0v) is 15.0. The fraction of sp³-hybridized carbons (Fsp3) is 0.600. The van der Waals surface area contributed by atoms with Gasteiger partial charge >= 0.3 is 0 Å². The van der Waals surface area contributed by atoms with Crippen molar-refractivity contribution in [3.8, 4) is 0 Å². The van der Waals surface area contributed by atoms with Gasteiger partial charge < -0.3 is 26.4 Å². The molecule has 2 aromatic heterocycles. The molecule has 2 aromatic rings.